The number of carboxylic acid groups (broad SMARTS) is 1. The van der Waals surface area contributed by atoms with Crippen molar-refractivity contribution >= 4 is 5.97 Å². The Morgan fingerprint density at radius 1 is 1.56 bits per heavy atom. The van der Waals surface area contributed by atoms with Crippen LogP contribution in [0.3, 0.4) is 0 Å². The van der Waals surface area contributed by atoms with E-state index in [0.29, 0.717) is 13.1 Å². The van der Waals surface area contributed by atoms with Gasteiger partial charge < -0.3 is 9.84 Å². The summed E-state index contributed by atoms with van der Waals surface area (Å²) in [5.41, 5.74) is 2.32. The smallest absolute Gasteiger partial charge is 0.317 e. The van der Waals surface area contributed by atoms with Crippen molar-refractivity contribution in [1.82, 2.24) is 4.90 Å². The molecule has 0 aromatic heterocycles. The van der Waals surface area contributed by atoms with Crippen molar-refractivity contribution in [1.29, 1.82) is 0 Å². The maximum Gasteiger partial charge on any atom is 0.317 e. The molecule has 4 nitrogen and oxygen atoms in total. The van der Waals surface area contributed by atoms with E-state index in [1.165, 1.54) is 5.56 Å². The van der Waals surface area contributed by atoms with Gasteiger partial charge in [0, 0.05) is 19.5 Å². The molecule has 0 atom stereocenters. The standard InChI is InChI=1S/C14H17NO3/c1-2-6-15(10-14(16)17)9-11-3-4-13-12(8-11)5-7-18-13/h2-4,8H,1,5-7,9-10H2,(H,16,17). The van der Waals surface area contributed by atoms with Crippen LogP contribution in [0.15, 0.2) is 30.9 Å². The molecule has 1 heterocycles. The Bertz CT molecular complexity index is 456. The van der Waals surface area contributed by atoms with Gasteiger partial charge in [0.25, 0.3) is 0 Å². The monoisotopic (exact) mass is 247 g/mol. The number of rotatable bonds is 6. The van der Waals surface area contributed by atoms with Gasteiger partial charge in [-0.2, -0.15) is 0 Å². The zero-order valence-corrected chi connectivity index (χ0v) is 10.3. The Morgan fingerprint density at radius 3 is 3.11 bits per heavy atom. The molecule has 0 saturated heterocycles. The van der Waals surface area contributed by atoms with E-state index < -0.39 is 5.97 Å². The lowest BCUT2D eigenvalue weighted by molar-refractivity contribution is -0.138. The molecule has 0 amide bonds. The summed E-state index contributed by atoms with van der Waals surface area (Å²) >= 11 is 0. The second-order valence-electron chi connectivity index (χ2n) is 4.39. The van der Waals surface area contributed by atoms with Gasteiger partial charge >= 0.3 is 5.97 Å². The minimum Gasteiger partial charge on any atom is -0.493 e. The Kier molecular flexibility index (Phi) is 3.99. The molecule has 1 aromatic carbocycles. The van der Waals surface area contributed by atoms with Crippen LogP contribution in [0.2, 0.25) is 0 Å². The number of hydrogen-bond donors (Lipinski definition) is 1. The normalized spacial score (nSPS) is 13.2. The van der Waals surface area contributed by atoms with Crippen molar-refractivity contribution in [2.24, 2.45) is 0 Å². The molecule has 1 aromatic rings. The zero-order valence-electron chi connectivity index (χ0n) is 10.3. The van der Waals surface area contributed by atoms with E-state index in [1.807, 2.05) is 17.0 Å². The van der Waals surface area contributed by atoms with E-state index in [2.05, 4.69) is 12.6 Å². The van der Waals surface area contributed by atoms with E-state index in [1.54, 1.807) is 6.08 Å². The van der Waals surface area contributed by atoms with Gasteiger partial charge in [-0.15, -0.1) is 6.58 Å². The Labute approximate surface area is 106 Å². The number of fused-ring (bicyclic) bond motifs is 1. The van der Waals surface area contributed by atoms with Gasteiger partial charge in [-0.25, -0.2) is 0 Å². The third kappa shape index (κ3) is 3.11. The van der Waals surface area contributed by atoms with Crippen LogP contribution in [0.1, 0.15) is 11.1 Å². The molecule has 4 heteroatoms. The minimum absolute atomic E-state index is 0.0274. The zero-order chi connectivity index (χ0) is 13.0. The van der Waals surface area contributed by atoms with E-state index in [0.717, 1.165) is 24.3 Å². The number of carbonyl (C=O) groups is 1. The summed E-state index contributed by atoms with van der Waals surface area (Å²) < 4.78 is 5.45. The number of aliphatic carboxylic acids is 1. The summed E-state index contributed by atoms with van der Waals surface area (Å²) in [5.74, 6) is 0.133. The quantitative estimate of drug-likeness (QED) is 0.777. The van der Waals surface area contributed by atoms with Gasteiger partial charge in [0.15, 0.2) is 0 Å². The molecule has 96 valence electrons. The van der Waals surface area contributed by atoms with Crippen LogP contribution in [0.5, 0.6) is 5.75 Å². The number of benzene rings is 1. The van der Waals surface area contributed by atoms with Crippen LogP contribution in [-0.2, 0) is 17.8 Å². The Morgan fingerprint density at radius 2 is 2.39 bits per heavy atom. The molecule has 0 unspecified atom stereocenters. The van der Waals surface area contributed by atoms with Gasteiger partial charge in [-0.1, -0.05) is 18.2 Å². The summed E-state index contributed by atoms with van der Waals surface area (Å²) in [5, 5.41) is 8.85. The predicted molar refractivity (Wildman–Crippen MR) is 68.8 cm³/mol. The molecule has 0 aliphatic carbocycles. The average Bonchev–Trinajstić information content (AvgIpc) is 2.75. The summed E-state index contributed by atoms with van der Waals surface area (Å²) in [6, 6.07) is 6.05. The van der Waals surface area contributed by atoms with E-state index in [4.69, 9.17) is 9.84 Å². The second-order valence-corrected chi connectivity index (χ2v) is 4.39. The fourth-order valence-corrected chi connectivity index (χ4v) is 2.16. The summed E-state index contributed by atoms with van der Waals surface area (Å²) in [7, 11) is 0. The van der Waals surface area contributed by atoms with Crippen molar-refractivity contribution in [3.05, 3.63) is 42.0 Å². The lowest BCUT2D eigenvalue weighted by Gasteiger charge is -2.18. The summed E-state index contributed by atoms with van der Waals surface area (Å²) in [6.07, 6.45) is 2.66. The molecule has 1 aliphatic heterocycles. The van der Waals surface area contributed by atoms with Crippen molar-refractivity contribution in [2.75, 3.05) is 19.7 Å². The molecule has 0 spiro atoms. The van der Waals surface area contributed by atoms with Gasteiger partial charge in [-0.3, -0.25) is 9.69 Å². The summed E-state index contributed by atoms with van der Waals surface area (Å²) in [4.78, 5) is 12.6. The molecule has 0 fully saturated rings. The van der Waals surface area contributed by atoms with Crippen LogP contribution in [0, 0.1) is 0 Å². The maximum atomic E-state index is 10.8. The predicted octanol–water partition coefficient (Wildman–Crippen LogP) is 1.69. The van der Waals surface area contributed by atoms with Crippen molar-refractivity contribution in [3.8, 4) is 5.75 Å². The highest BCUT2D eigenvalue weighted by molar-refractivity contribution is 5.69. The molecule has 1 aliphatic rings. The highest BCUT2D eigenvalue weighted by Crippen LogP contribution is 2.26. The molecule has 0 radical (unpaired) electrons. The van der Waals surface area contributed by atoms with Crippen molar-refractivity contribution in [2.45, 2.75) is 13.0 Å². The average molecular weight is 247 g/mol. The fraction of sp³-hybridized carbons (Fsp3) is 0.357. The molecule has 2 rings (SSSR count). The number of ether oxygens (including phenoxy) is 1. The molecular weight excluding hydrogens is 230 g/mol. The van der Waals surface area contributed by atoms with Crippen LogP contribution >= 0.6 is 0 Å². The van der Waals surface area contributed by atoms with E-state index in [-0.39, 0.29) is 6.54 Å². The molecular formula is C14H17NO3. The highest BCUT2D eigenvalue weighted by atomic mass is 16.5. The van der Waals surface area contributed by atoms with Crippen LogP contribution in [-0.4, -0.2) is 35.7 Å². The lowest BCUT2D eigenvalue weighted by atomic mass is 10.1. The number of carboxylic acids is 1. The first-order valence-electron chi connectivity index (χ1n) is 5.98. The Hall–Kier alpha value is -1.81. The van der Waals surface area contributed by atoms with Crippen molar-refractivity contribution in [3.63, 3.8) is 0 Å². The fourth-order valence-electron chi connectivity index (χ4n) is 2.16. The first-order valence-corrected chi connectivity index (χ1v) is 5.98. The molecule has 18 heavy (non-hydrogen) atoms. The van der Waals surface area contributed by atoms with Gasteiger partial charge in [-0.05, 0) is 17.2 Å². The first-order chi connectivity index (χ1) is 8.69. The van der Waals surface area contributed by atoms with Gasteiger partial charge in [0.05, 0.1) is 13.2 Å². The summed E-state index contributed by atoms with van der Waals surface area (Å²) in [6.45, 7) is 5.61. The first kappa shape index (κ1) is 12.6. The molecule has 0 saturated carbocycles. The van der Waals surface area contributed by atoms with E-state index in [9.17, 15) is 4.79 Å². The number of nitrogens with zero attached hydrogens (tertiary/aromatic N) is 1. The largest absolute Gasteiger partial charge is 0.493 e. The van der Waals surface area contributed by atoms with Gasteiger partial charge in [0.1, 0.15) is 5.75 Å². The Balaban J connectivity index is 2.06. The molecule has 0 bridgehead atoms. The van der Waals surface area contributed by atoms with Gasteiger partial charge in [0.2, 0.25) is 0 Å². The number of hydrogen-bond acceptors (Lipinski definition) is 3. The van der Waals surface area contributed by atoms with Crippen LogP contribution < -0.4 is 4.74 Å². The minimum atomic E-state index is -0.818. The van der Waals surface area contributed by atoms with E-state index >= 15 is 0 Å². The SMILES string of the molecule is C=CCN(CC(=O)O)Cc1ccc2c(c1)CCO2. The third-order valence-corrected chi connectivity index (χ3v) is 2.91. The van der Waals surface area contributed by atoms with Crippen LogP contribution in [0.4, 0.5) is 0 Å². The topological polar surface area (TPSA) is 49.8 Å². The van der Waals surface area contributed by atoms with Crippen LogP contribution in [0.25, 0.3) is 0 Å². The molecule has 1 N–H and O–H groups in total. The highest BCUT2D eigenvalue weighted by Gasteiger charge is 2.14. The second kappa shape index (κ2) is 5.69. The maximum absolute atomic E-state index is 10.8. The lowest BCUT2D eigenvalue weighted by Crippen LogP contribution is -2.29. The van der Waals surface area contributed by atoms with Crippen molar-refractivity contribution < 1.29 is 14.6 Å². The third-order valence-electron chi connectivity index (χ3n) is 2.91.